The number of urea groups is 1. The van der Waals surface area contributed by atoms with Crippen molar-refractivity contribution in [2.45, 2.75) is 26.3 Å². The molecule has 1 aromatic heterocycles. The van der Waals surface area contributed by atoms with E-state index in [1.54, 1.807) is 11.8 Å². The third-order valence-corrected chi connectivity index (χ3v) is 4.51. The Balaban J connectivity index is 2.04. The van der Waals surface area contributed by atoms with Gasteiger partial charge in [0.1, 0.15) is 17.1 Å². The molecule has 2 amide bonds. The summed E-state index contributed by atoms with van der Waals surface area (Å²) in [7, 11) is 1.61. The predicted octanol–water partition coefficient (Wildman–Crippen LogP) is 4.05. The van der Waals surface area contributed by atoms with Crippen molar-refractivity contribution >= 4 is 17.5 Å². The maximum Gasteiger partial charge on any atom is 0.319 e. The third kappa shape index (κ3) is 4.09. The molecule has 3 rings (SSSR count). The molecule has 1 unspecified atom stereocenters. The Morgan fingerprint density at radius 2 is 1.86 bits per heavy atom. The van der Waals surface area contributed by atoms with E-state index in [-0.39, 0.29) is 12.1 Å². The van der Waals surface area contributed by atoms with Crippen LogP contribution in [0.25, 0.3) is 16.9 Å². The molecule has 0 radical (unpaired) electrons. The van der Waals surface area contributed by atoms with Crippen LogP contribution >= 0.6 is 0 Å². The van der Waals surface area contributed by atoms with E-state index in [1.807, 2.05) is 68.4 Å². The molecular weight excluding hydrogens is 354 g/mol. The Morgan fingerprint density at radius 3 is 2.46 bits per heavy atom. The Hall–Kier alpha value is -3.48. The standard InChI is InChI=1S/C21H25N5O2/c1-4-14(2)23-21(27)24-19-18(15-10-12-17(28-3)13-11-15)25-26(20(19)22)16-8-6-5-7-9-16/h5-14H,4,22H2,1-3H3,(H2,23,24,27). The van der Waals surface area contributed by atoms with Crippen LogP contribution in [0.2, 0.25) is 0 Å². The van der Waals surface area contributed by atoms with Gasteiger partial charge in [0.05, 0.1) is 12.8 Å². The lowest BCUT2D eigenvalue weighted by atomic mass is 10.1. The zero-order valence-corrected chi connectivity index (χ0v) is 16.3. The van der Waals surface area contributed by atoms with Gasteiger partial charge in [-0.1, -0.05) is 25.1 Å². The van der Waals surface area contributed by atoms with Crippen LogP contribution in [0.15, 0.2) is 54.6 Å². The molecule has 0 aliphatic carbocycles. The van der Waals surface area contributed by atoms with Crippen LogP contribution in [-0.2, 0) is 0 Å². The van der Waals surface area contributed by atoms with Crippen molar-refractivity contribution in [2.24, 2.45) is 0 Å². The molecule has 7 nitrogen and oxygen atoms in total. The van der Waals surface area contributed by atoms with Crippen molar-refractivity contribution < 1.29 is 9.53 Å². The average molecular weight is 379 g/mol. The van der Waals surface area contributed by atoms with Crippen molar-refractivity contribution in [1.29, 1.82) is 0 Å². The number of hydrogen-bond donors (Lipinski definition) is 3. The minimum Gasteiger partial charge on any atom is -0.497 e. The van der Waals surface area contributed by atoms with E-state index in [4.69, 9.17) is 10.5 Å². The molecule has 0 aliphatic heterocycles. The van der Waals surface area contributed by atoms with Gasteiger partial charge >= 0.3 is 6.03 Å². The highest BCUT2D eigenvalue weighted by Crippen LogP contribution is 2.34. The summed E-state index contributed by atoms with van der Waals surface area (Å²) in [5, 5.41) is 10.4. The SMILES string of the molecule is CCC(C)NC(=O)Nc1c(-c2ccc(OC)cc2)nn(-c2ccccc2)c1N. The van der Waals surface area contributed by atoms with Gasteiger partial charge in [0.15, 0.2) is 5.82 Å². The minimum atomic E-state index is -0.316. The molecule has 0 saturated heterocycles. The summed E-state index contributed by atoms with van der Waals surface area (Å²) in [6.45, 7) is 3.95. The van der Waals surface area contributed by atoms with E-state index in [2.05, 4.69) is 15.7 Å². The van der Waals surface area contributed by atoms with Gasteiger partial charge in [0.25, 0.3) is 0 Å². The summed E-state index contributed by atoms with van der Waals surface area (Å²) in [5.74, 6) is 1.10. The van der Waals surface area contributed by atoms with E-state index in [0.29, 0.717) is 17.2 Å². The van der Waals surface area contributed by atoms with Gasteiger partial charge in [0, 0.05) is 11.6 Å². The topological polar surface area (TPSA) is 94.2 Å². The normalized spacial score (nSPS) is 11.7. The summed E-state index contributed by atoms with van der Waals surface area (Å²) in [5.41, 5.74) is 9.06. The van der Waals surface area contributed by atoms with Crippen LogP contribution in [0.1, 0.15) is 20.3 Å². The molecule has 7 heteroatoms. The Labute approximate surface area is 164 Å². The highest BCUT2D eigenvalue weighted by Gasteiger charge is 2.20. The summed E-state index contributed by atoms with van der Waals surface area (Å²) in [6, 6.07) is 16.7. The first-order valence-corrected chi connectivity index (χ1v) is 9.19. The van der Waals surface area contributed by atoms with Crippen LogP contribution in [0.4, 0.5) is 16.3 Å². The fraction of sp³-hybridized carbons (Fsp3) is 0.238. The number of nitrogens with one attached hydrogen (secondary N) is 2. The minimum absolute atomic E-state index is 0.0508. The number of hydrogen-bond acceptors (Lipinski definition) is 4. The zero-order valence-electron chi connectivity index (χ0n) is 16.3. The molecule has 4 N–H and O–H groups in total. The third-order valence-electron chi connectivity index (χ3n) is 4.51. The second-order valence-corrected chi connectivity index (χ2v) is 6.49. The van der Waals surface area contributed by atoms with Gasteiger partial charge in [-0.3, -0.25) is 0 Å². The highest BCUT2D eigenvalue weighted by atomic mass is 16.5. The lowest BCUT2D eigenvalue weighted by Gasteiger charge is -2.13. The van der Waals surface area contributed by atoms with Gasteiger partial charge in [-0.05, 0) is 49.7 Å². The van der Waals surface area contributed by atoms with Crippen LogP contribution < -0.4 is 21.1 Å². The number of anilines is 2. The lowest BCUT2D eigenvalue weighted by molar-refractivity contribution is 0.249. The van der Waals surface area contributed by atoms with Crippen molar-refractivity contribution in [3.05, 3.63) is 54.6 Å². The molecule has 0 saturated carbocycles. The van der Waals surface area contributed by atoms with E-state index < -0.39 is 0 Å². The number of benzene rings is 2. The molecule has 0 aliphatic rings. The number of rotatable bonds is 6. The molecule has 0 spiro atoms. The number of carbonyl (C=O) groups excluding carboxylic acids is 1. The first kappa shape index (κ1) is 19.3. The second kappa shape index (κ2) is 8.47. The number of ether oxygens (including phenoxy) is 1. The number of nitrogens with two attached hydrogens (primary N) is 1. The first-order chi connectivity index (χ1) is 13.5. The van der Waals surface area contributed by atoms with E-state index in [1.165, 1.54) is 0 Å². The number of para-hydroxylation sites is 1. The number of aromatic nitrogens is 2. The van der Waals surface area contributed by atoms with Gasteiger partial charge in [0.2, 0.25) is 0 Å². The van der Waals surface area contributed by atoms with Crippen LogP contribution in [0, 0.1) is 0 Å². The van der Waals surface area contributed by atoms with Crippen molar-refractivity contribution in [3.8, 4) is 22.7 Å². The maximum atomic E-state index is 12.4. The molecule has 3 aromatic rings. The van der Waals surface area contributed by atoms with Gasteiger partial charge < -0.3 is 21.1 Å². The van der Waals surface area contributed by atoms with E-state index in [0.717, 1.165) is 23.4 Å². The molecule has 0 fully saturated rings. The number of methoxy groups -OCH3 is 1. The summed E-state index contributed by atoms with van der Waals surface area (Å²) >= 11 is 0. The van der Waals surface area contributed by atoms with Gasteiger partial charge in [-0.25, -0.2) is 9.48 Å². The Bertz CT molecular complexity index is 935. The molecule has 1 atom stereocenters. The molecule has 0 bridgehead atoms. The molecule has 28 heavy (non-hydrogen) atoms. The first-order valence-electron chi connectivity index (χ1n) is 9.19. The average Bonchev–Trinajstić information content (AvgIpc) is 3.04. The molecular formula is C21H25N5O2. The summed E-state index contributed by atoms with van der Waals surface area (Å²) in [4.78, 5) is 12.4. The zero-order chi connectivity index (χ0) is 20.1. The van der Waals surface area contributed by atoms with Gasteiger partial charge in [-0.15, -0.1) is 0 Å². The Morgan fingerprint density at radius 1 is 1.18 bits per heavy atom. The molecule has 1 heterocycles. The van der Waals surface area contributed by atoms with Crippen molar-refractivity contribution in [1.82, 2.24) is 15.1 Å². The molecule has 2 aromatic carbocycles. The highest BCUT2D eigenvalue weighted by molar-refractivity contribution is 5.97. The lowest BCUT2D eigenvalue weighted by Crippen LogP contribution is -2.35. The number of carbonyl (C=O) groups is 1. The fourth-order valence-corrected chi connectivity index (χ4v) is 2.75. The van der Waals surface area contributed by atoms with Crippen LogP contribution in [0.5, 0.6) is 5.75 Å². The quantitative estimate of drug-likeness (QED) is 0.602. The van der Waals surface area contributed by atoms with Crippen molar-refractivity contribution in [3.63, 3.8) is 0 Å². The monoisotopic (exact) mass is 379 g/mol. The second-order valence-electron chi connectivity index (χ2n) is 6.49. The van der Waals surface area contributed by atoms with Crippen molar-refractivity contribution in [2.75, 3.05) is 18.2 Å². The van der Waals surface area contributed by atoms with Crippen LogP contribution in [-0.4, -0.2) is 29.0 Å². The van der Waals surface area contributed by atoms with E-state index in [9.17, 15) is 4.79 Å². The predicted molar refractivity (Wildman–Crippen MR) is 112 cm³/mol. The largest absolute Gasteiger partial charge is 0.497 e. The number of nitrogen functional groups attached to an aromatic ring is 1. The smallest absolute Gasteiger partial charge is 0.319 e. The molecule has 146 valence electrons. The summed E-state index contributed by atoms with van der Waals surface area (Å²) in [6.07, 6.45) is 0.831. The Kier molecular flexibility index (Phi) is 5.84. The van der Waals surface area contributed by atoms with Crippen LogP contribution in [0.3, 0.4) is 0 Å². The maximum absolute atomic E-state index is 12.4. The van der Waals surface area contributed by atoms with E-state index >= 15 is 0 Å². The number of amides is 2. The number of nitrogens with zero attached hydrogens (tertiary/aromatic N) is 2. The fourth-order valence-electron chi connectivity index (χ4n) is 2.75. The van der Waals surface area contributed by atoms with Gasteiger partial charge in [-0.2, -0.15) is 5.10 Å². The summed E-state index contributed by atoms with van der Waals surface area (Å²) < 4.78 is 6.85.